The summed E-state index contributed by atoms with van der Waals surface area (Å²) in [6.45, 7) is 5.40. The lowest BCUT2D eigenvalue weighted by atomic mass is 9.90. The highest BCUT2D eigenvalue weighted by molar-refractivity contribution is 6.01. The second-order valence-electron chi connectivity index (χ2n) is 20.5. The Morgan fingerprint density at radius 2 is 1.57 bits per heavy atom. The van der Waals surface area contributed by atoms with Gasteiger partial charge in [-0.15, -0.1) is 8.78 Å². The van der Waals surface area contributed by atoms with Crippen LogP contribution in [0.1, 0.15) is 96.8 Å². The molecule has 0 unspecified atom stereocenters. The number of carbonyl (C=O) groups excluding carboxylic acids is 4. The van der Waals surface area contributed by atoms with Crippen molar-refractivity contribution in [3.63, 3.8) is 0 Å². The number of hydrogen-bond acceptors (Lipinski definition) is 11. The molecule has 77 heavy (non-hydrogen) atoms. The average molecular weight is 1050 g/mol. The number of aliphatic hydroxyl groups is 1. The number of nitrogens with one attached hydrogen (secondary N) is 3. The van der Waals surface area contributed by atoms with E-state index in [2.05, 4.69) is 35.5 Å². The number of hydrogen-bond donors (Lipinski definition) is 4. The lowest BCUT2D eigenvalue weighted by molar-refractivity contribution is -0.286. The lowest BCUT2D eigenvalue weighted by Gasteiger charge is -2.38. The van der Waals surface area contributed by atoms with E-state index >= 15 is 0 Å². The molecule has 5 heterocycles. The van der Waals surface area contributed by atoms with Gasteiger partial charge in [-0.1, -0.05) is 85.8 Å². The number of halogens is 2. The van der Waals surface area contributed by atoms with Gasteiger partial charge < -0.3 is 35.4 Å². The fourth-order valence-electron chi connectivity index (χ4n) is 10.2. The van der Waals surface area contributed by atoms with Gasteiger partial charge in [0.1, 0.15) is 11.3 Å². The average Bonchev–Trinajstić information content (AvgIpc) is 4.13. The molecular weight excluding hydrogens is 989 g/mol. The summed E-state index contributed by atoms with van der Waals surface area (Å²) in [5, 5.41) is 24.9. The molecule has 1 saturated heterocycles. The molecule has 1 saturated carbocycles. The zero-order valence-corrected chi connectivity index (χ0v) is 43.0. The number of piperidine rings is 1. The van der Waals surface area contributed by atoms with Gasteiger partial charge in [0.25, 0.3) is 11.5 Å². The number of alkyl halides is 2. The molecule has 19 heteroatoms. The van der Waals surface area contributed by atoms with Crippen LogP contribution < -0.4 is 31.0 Å². The summed E-state index contributed by atoms with van der Waals surface area (Å²) in [7, 11) is 1.75. The van der Waals surface area contributed by atoms with Crippen molar-refractivity contribution in [1.82, 2.24) is 39.8 Å². The summed E-state index contributed by atoms with van der Waals surface area (Å²) in [6, 6.07) is 32.4. The molecule has 17 nitrogen and oxygen atoms in total. The number of carbonyl (C=O) groups is 4. The number of nitrogens with zero attached hydrogens (tertiary/aromatic N) is 6. The van der Waals surface area contributed by atoms with Gasteiger partial charge in [-0.05, 0) is 104 Å². The lowest BCUT2D eigenvalue weighted by Crippen LogP contribution is -2.49. The highest BCUT2D eigenvalue weighted by Gasteiger charge is 2.53. The summed E-state index contributed by atoms with van der Waals surface area (Å²) in [4.78, 5) is 77.6. The van der Waals surface area contributed by atoms with Crippen LogP contribution in [0.5, 0.6) is 11.5 Å². The first-order valence-corrected chi connectivity index (χ1v) is 25.9. The van der Waals surface area contributed by atoms with E-state index in [0.29, 0.717) is 111 Å². The van der Waals surface area contributed by atoms with Gasteiger partial charge in [0.15, 0.2) is 17.0 Å². The van der Waals surface area contributed by atoms with Crippen LogP contribution in [0.4, 0.5) is 14.6 Å². The molecule has 0 radical (unpaired) electrons. The molecule has 7 aromatic rings. The van der Waals surface area contributed by atoms with Crippen molar-refractivity contribution in [3.05, 3.63) is 154 Å². The molecule has 1 atom stereocenters. The summed E-state index contributed by atoms with van der Waals surface area (Å²) in [5.74, 6) is -0.518. The van der Waals surface area contributed by atoms with E-state index in [1.54, 1.807) is 47.0 Å². The van der Waals surface area contributed by atoms with Crippen LogP contribution >= 0.6 is 0 Å². The Balaban J connectivity index is 0.662. The predicted octanol–water partition coefficient (Wildman–Crippen LogP) is 7.92. The van der Waals surface area contributed by atoms with Crippen LogP contribution in [0.2, 0.25) is 0 Å². The highest BCUT2D eigenvalue weighted by Crippen LogP contribution is 2.52. The molecular formula is C58H59F2N9O8. The molecule has 2 aliphatic heterocycles. The van der Waals surface area contributed by atoms with Crippen LogP contribution in [0.3, 0.4) is 0 Å². The van der Waals surface area contributed by atoms with E-state index in [0.717, 1.165) is 22.3 Å². The minimum Gasteiger partial charge on any atom is -0.395 e. The minimum atomic E-state index is -3.76. The Hall–Kier alpha value is -8.32. The van der Waals surface area contributed by atoms with Gasteiger partial charge in [-0.25, -0.2) is 9.97 Å². The monoisotopic (exact) mass is 1050 g/mol. The van der Waals surface area contributed by atoms with Crippen molar-refractivity contribution in [2.45, 2.75) is 102 Å². The Kier molecular flexibility index (Phi) is 14.5. The third-order valence-electron chi connectivity index (χ3n) is 14.9. The van der Waals surface area contributed by atoms with Crippen LogP contribution in [0.25, 0.3) is 33.5 Å². The number of aryl methyl sites for hydroxylation is 2. The highest BCUT2D eigenvalue weighted by atomic mass is 19.3. The zero-order chi connectivity index (χ0) is 54.1. The normalized spacial score (nSPS) is 16.2. The number of ether oxygens (including phenoxy) is 2. The first-order chi connectivity index (χ1) is 37.0. The van der Waals surface area contributed by atoms with Gasteiger partial charge in [0, 0.05) is 62.8 Å². The van der Waals surface area contributed by atoms with Crippen LogP contribution in [-0.4, -0.2) is 89.5 Å². The van der Waals surface area contributed by atoms with Gasteiger partial charge in [0.2, 0.25) is 17.7 Å². The molecule has 2 fully saturated rings. The van der Waals surface area contributed by atoms with Gasteiger partial charge in [-0.2, -0.15) is 5.10 Å². The van der Waals surface area contributed by atoms with Crippen molar-refractivity contribution in [3.8, 4) is 34.0 Å². The maximum absolute atomic E-state index is 13.7. The maximum atomic E-state index is 13.7. The third kappa shape index (κ3) is 11.5. The van der Waals surface area contributed by atoms with Gasteiger partial charge >= 0.3 is 6.29 Å². The minimum absolute atomic E-state index is 0.0334. The number of aromatic nitrogens is 5. The van der Waals surface area contributed by atoms with Crippen molar-refractivity contribution >= 4 is 40.5 Å². The van der Waals surface area contributed by atoms with E-state index in [4.69, 9.17) is 4.98 Å². The summed E-state index contributed by atoms with van der Waals surface area (Å²) in [5.41, 5.74) is 4.59. The summed E-state index contributed by atoms with van der Waals surface area (Å²) >= 11 is 0. The maximum Gasteiger partial charge on any atom is 0.586 e. The van der Waals surface area contributed by atoms with E-state index in [-0.39, 0.29) is 65.1 Å². The van der Waals surface area contributed by atoms with E-state index < -0.39 is 17.3 Å². The standard InChI is InChI=1S/C58H59F2N9O8/c1-36-15-22-46(65-55(74)57(23-24-57)43-20-21-44-45(32-43)77-58(59,60)76-44)64-49(36)41-12-9-13-42(31-41)53(72)61-27-8-7-14-47(70)62-33-38-16-18-40(19-17-38)52-50-51(66-67(52)3)54(73)69(35-63-50)34-56(75)25-28-68(29-26-56)48(71)30-37(2)39-10-5-4-6-11-39/h4-6,9-13,15-22,31-32,35,37,75H,7-8,14,23-30,33-34H2,1-3H3,(H,61,72)(H,62,70)(H,64,65,74)/t37-/m1/s1. The van der Waals surface area contributed by atoms with Crippen molar-refractivity contribution in [1.29, 1.82) is 0 Å². The largest absolute Gasteiger partial charge is 0.586 e. The number of rotatable bonds is 18. The number of anilines is 1. The fraction of sp³-hybridized carbons (Fsp3) is 0.345. The van der Waals surface area contributed by atoms with Crippen molar-refractivity contribution in [2.75, 3.05) is 25.0 Å². The number of unbranched alkanes of at least 4 members (excludes halogenated alkanes) is 1. The van der Waals surface area contributed by atoms with Crippen LogP contribution in [0, 0.1) is 6.92 Å². The Labute approximate surface area is 442 Å². The quantitative estimate of drug-likeness (QED) is 0.0607. The van der Waals surface area contributed by atoms with Crippen molar-refractivity contribution < 1.29 is 42.5 Å². The molecule has 0 spiro atoms. The van der Waals surface area contributed by atoms with Crippen LogP contribution in [0.15, 0.2) is 120 Å². The second kappa shape index (κ2) is 21.4. The van der Waals surface area contributed by atoms with E-state index in [9.17, 15) is 37.9 Å². The first kappa shape index (κ1) is 52.1. The first-order valence-electron chi connectivity index (χ1n) is 25.9. The fourth-order valence-corrected chi connectivity index (χ4v) is 10.2. The van der Waals surface area contributed by atoms with Crippen LogP contribution in [-0.2, 0) is 39.9 Å². The zero-order valence-electron chi connectivity index (χ0n) is 43.0. The number of likely N-dealkylation sites (tertiary alicyclic amines) is 1. The molecule has 3 aliphatic rings. The van der Waals surface area contributed by atoms with E-state index in [1.807, 2.05) is 80.6 Å². The topological polar surface area (TPSA) is 212 Å². The SMILES string of the molecule is Cc1ccc(NC(=O)C2(c3ccc4c(c3)OC(F)(F)O4)CC2)nc1-c1cccc(C(=O)NCCCCC(=O)NCc2ccc(-c3c4ncn(CC5(O)CCN(C(=O)C[C@@H](C)c6ccccc6)CC5)c(=O)c4nn3C)cc2)c1. The van der Waals surface area contributed by atoms with Gasteiger partial charge in [0.05, 0.1) is 35.3 Å². The van der Waals surface area contributed by atoms with Gasteiger partial charge in [-0.3, -0.25) is 33.2 Å². The molecule has 1 aliphatic carbocycles. The molecule has 10 rings (SSSR count). The Morgan fingerprint density at radius 1 is 0.818 bits per heavy atom. The number of benzene rings is 4. The molecule has 4 N–H and O–H groups in total. The summed E-state index contributed by atoms with van der Waals surface area (Å²) < 4.78 is 39.4. The molecule has 4 aromatic carbocycles. The Bertz CT molecular complexity index is 3440. The smallest absolute Gasteiger partial charge is 0.395 e. The number of amides is 4. The second-order valence-corrected chi connectivity index (χ2v) is 20.5. The van der Waals surface area contributed by atoms with Crippen molar-refractivity contribution in [2.24, 2.45) is 7.05 Å². The molecule has 0 bridgehead atoms. The molecule has 3 aromatic heterocycles. The molecule has 398 valence electrons. The Morgan fingerprint density at radius 3 is 2.32 bits per heavy atom. The predicted molar refractivity (Wildman–Crippen MR) is 283 cm³/mol. The summed E-state index contributed by atoms with van der Waals surface area (Å²) in [6.07, 6.45) is 1.18. The number of pyridine rings is 1. The van der Waals surface area contributed by atoms with E-state index in [1.165, 1.54) is 23.0 Å². The molecule has 4 amide bonds. The third-order valence-corrected chi connectivity index (χ3v) is 14.9. The number of fused-ring (bicyclic) bond motifs is 2.